The summed E-state index contributed by atoms with van der Waals surface area (Å²) in [5.74, 6) is 0.0361. The summed E-state index contributed by atoms with van der Waals surface area (Å²) < 4.78 is 33.4. The molecule has 156 valence electrons. The molecule has 2 aliphatic heterocycles. The third kappa shape index (κ3) is 4.50. The topological polar surface area (TPSA) is 79.0 Å². The molecule has 1 unspecified atom stereocenters. The van der Waals surface area contributed by atoms with Gasteiger partial charge >= 0.3 is 0 Å². The second-order valence-corrected chi connectivity index (χ2v) is 9.74. The molecule has 7 nitrogen and oxygen atoms in total. The summed E-state index contributed by atoms with van der Waals surface area (Å²) in [6.45, 7) is 4.32. The van der Waals surface area contributed by atoms with E-state index in [0.717, 1.165) is 45.2 Å². The largest absolute Gasteiger partial charge is 0.495 e. The van der Waals surface area contributed by atoms with E-state index in [2.05, 4.69) is 17.3 Å². The Morgan fingerprint density at radius 1 is 1.14 bits per heavy atom. The Kier molecular flexibility index (Phi) is 6.62. The van der Waals surface area contributed by atoms with Gasteiger partial charge in [0.05, 0.1) is 7.11 Å². The van der Waals surface area contributed by atoms with Crippen LogP contribution in [-0.2, 0) is 10.0 Å². The first-order valence-electron chi connectivity index (χ1n) is 10.0. The van der Waals surface area contributed by atoms with Crippen LogP contribution >= 0.6 is 0 Å². The van der Waals surface area contributed by atoms with Gasteiger partial charge in [-0.3, -0.25) is 4.79 Å². The maximum absolute atomic E-state index is 13.3. The summed E-state index contributed by atoms with van der Waals surface area (Å²) in [6.07, 6.45) is 4.52. The van der Waals surface area contributed by atoms with Crippen molar-refractivity contribution in [3.8, 4) is 5.75 Å². The number of hydrogen-bond acceptors (Lipinski definition) is 5. The van der Waals surface area contributed by atoms with Crippen LogP contribution in [0.5, 0.6) is 5.75 Å². The average molecular weight is 410 g/mol. The second-order valence-electron chi connectivity index (χ2n) is 7.88. The van der Waals surface area contributed by atoms with Crippen molar-refractivity contribution in [2.75, 3.05) is 33.8 Å². The highest BCUT2D eigenvalue weighted by atomic mass is 32.2. The molecule has 1 N–H and O–H groups in total. The van der Waals surface area contributed by atoms with E-state index in [-0.39, 0.29) is 28.6 Å². The first-order valence-corrected chi connectivity index (χ1v) is 11.5. The van der Waals surface area contributed by atoms with Crippen molar-refractivity contribution in [2.24, 2.45) is 0 Å². The molecule has 0 aromatic heterocycles. The van der Waals surface area contributed by atoms with Gasteiger partial charge < -0.3 is 15.0 Å². The summed E-state index contributed by atoms with van der Waals surface area (Å²) >= 11 is 0. The summed E-state index contributed by atoms with van der Waals surface area (Å²) in [5.41, 5.74) is 0.350. The van der Waals surface area contributed by atoms with Crippen molar-refractivity contribution >= 4 is 15.9 Å². The molecule has 0 radical (unpaired) electrons. The average Bonchev–Trinajstić information content (AvgIpc) is 2.69. The lowest BCUT2D eigenvalue weighted by atomic mass is 10.0. The molecule has 1 aromatic carbocycles. The lowest BCUT2D eigenvalue weighted by Gasteiger charge is -2.32. The summed E-state index contributed by atoms with van der Waals surface area (Å²) in [6, 6.07) is 4.72. The lowest BCUT2D eigenvalue weighted by molar-refractivity contribution is 0.0916. The minimum absolute atomic E-state index is 0.0554. The number of methoxy groups -OCH3 is 1. The van der Waals surface area contributed by atoms with Gasteiger partial charge in [-0.1, -0.05) is 6.42 Å². The maximum Gasteiger partial charge on any atom is 0.251 e. The Morgan fingerprint density at radius 2 is 1.86 bits per heavy atom. The number of rotatable bonds is 5. The van der Waals surface area contributed by atoms with E-state index in [0.29, 0.717) is 12.1 Å². The van der Waals surface area contributed by atoms with Crippen molar-refractivity contribution in [2.45, 2.75) is 56.0 Å². The van der Waals surface area contributed by atoms with Gasteiger partial charge in [-0.2, -0.15) is 4.31 Å². The number of piperidine rings is 2. The highest BCUT2D eigenvalue weighted by Crippen LogP contribution is 2.31. The van der Waals surface area contributed by atoms with E-state index in [4.69, 9.17) is 4.74 Å². The molecule has 2 fully saturated rings. The smallest absolute Gasteiger partial charge is 0.251 e. The fourth-order valence-electron chi connectivity index (χ4n) is 4.00. The van der Waals surface area contributed by atoms with Crippen LogP contribution in [-0.4, -0.2) is 69.4 Å². The summed E-state index contributed by atoms with van der Waals surface area (Å²) in [5, 5.41) is 3.05. The van der Waals surface area contributed by atoms with Crippen LogP contribution in [0.2, 0.25) is 0 Å². The predicted octanol–water partition coefficient (Wildman–Crippen LogP) is 2.08. The van der Waals surface area contributed by atoms with Crippen LogP contribution < -0.4 is 10.1 Å². The molecule has 3 rings (SSSR count). The zero-order valence-electron chi connectivity index (χ0n) is 17.0. The van der Waals surface area contributed by atoms with Crippen LogP contribution in [0.25, 0.3) is 0 Å². The molecule has 28 heavy (non-hydrogen) atoms. The van der Waals surface area contributed by atoms with Gasteiger partial charge in [0.1, 0.15) is 10.6 Å². The molecular formula is C20H31N3O4S. The van der Waals surface area contributed by atoms with Gasteiger partial charge in [0.25, 0.3) is 5.91 Å². The first-order chi connectivity index (χ1) is 13.3. The minimum atomic E-state index is -3.73. The molecule has 2 aliphatic rings. The van der Waals surface area contributed by atoms with Crippen LogP contribution in [0.4, 0.5) is 0 Å². The molecule has 1 amide bonds. The van der Waals surface area contributed by atoms with Crippen molar-refractivity contribution in [1.29, 1.82) is 0 Å². The number of likely N-dealkylation sites (tertiary alicyclic amines) is 1. The van der Waals surface area contributed by atoms with Crippen molar-refractivity contribution in [3.63, 3.8) is 0 Å². The third-order valence-electron chi connectivity index (χ3n) is 5.81. The Bertz CT molecular complexity index is 804. The first kappa shape index (κ1) is 21.1. The molecule has 1 aromatic rings. The number of sulfonamides is 1. The number of hydrogen-bond donors (Lipinski definition) is 1. The Hall–Kier alpha value is -1.64. The van der Waals surface area contributed by atoms with Crippen molar-refractivity contribution in [1.82, 2.24) is 14.5 Å². The fourth-order valence-corrected chi connectivity index (χ4v) is 5.88. The highest BCUT2D eigenvalue weighted by Gasteiger charge is 2.33. The van der Waals surface area contributed by atoms with E-state index in [1.807, 2.05) is 6.92 Å². The standard InChI is InChI=1S/C20H31N3O4S/c1-15-6-4-5-11-23(15)28(25,26)19-14-16(7-8-18(19)27-3)20(24)21-17-9-12-22(2)13-10-17/h7-8,14-15,17H,4-6,9-13H2,1-3H3,(H,21,24). The number of amides is 1. The van der Waals surface area contributed by atoms with E-state index < -0.39 is 10.0 Å². The van der Waals surface area contributed by atoms with Crippen LogP contribution in [0.3, 0.4) is 0 Å². The molecule has 2 heterocycles. The van der Waals surface area contributed by atoms with Gasteiger partial charge in [-0.05, 0) is 70.9 Å². The van der Waals surface area contributed by atoms with E-state index in [9.17, 15) is 13.2 Å². The molecule has 1 atom stereocenters. The van der Waals surface area contributed by atoms with E-state index >= 15 is 0 Å². The van der Waals surface area contributed by atoms with Crippen LogP contribution in [0.15, 0.2) is 23.1 Å². The number of benzene rings is 1. The number of carbonyl (C=O) groups excluding carboxylic acids is 1. The van der Waals surface area contributed by atoms with E-state index in [1.165, 1.54) is 17.5 Å². The Morgan fingerprint density at radius 3 is 2.50 bits per heavy atom. The molecule has 0 aliphatic carbocycles. The van der Waals surface area contributed by atoms with Crippen LogP contribution in [0, 0.1) is 0 Å². The minimum Gasteiger partial charge on any atom is -0.495 e. The van der Waals surface area contributed by atoms with E-state index in [1.54, 1.807) is 12.1 Å². The highest BCUT2D eigenvalue weighted by molar-refractivity contribution is 7.89. The number of nitrogens with zero attached hydrogens (tertiary/aromatic N) is 2. The molecule has 0 bridgehead atoms. The lowest BCUT2D eigenvalue weighted by Crippen LogP contribution is -2.43. The normalized spacial score (nSPS) is 22.8. The number of nitrogens with one attached hydrogen (secondary N) is 1. The Labute approximate surface area is 168 Å². The van der Waals surface area contributed by atoms with Crippen LogP contribution in [0.1, 0.15) is 49.4 Å². The Balaban J connectivity index is 1.84. The van der Waals surface area contributed by atoms with Crippen molar-refractivity contribution in [3.05, 3.63) is 23.8 Å². The predicted molar refractivity (Wildman–Crippen MR) is 108 cm³/mol. The third-order valence-corrected chi connectivity index (χ3v) is 7.84. The van der Waals surface area contributed by atoms with Gasteiger partial charge in [0, 0.05) is 24.2 Å². The zero-order valence-corrected chi connectivity index (χ0v) is 17.8. The van der Waals surface area contributed by atoms with Gasteiger partial charge in [0.15, 0.2) is 0 Å². The van der Waals surface area contributed by atoms with Gasteiger partial charge in [-0.25, -0.2) is 8.42 Å². The maximum atomic E-state index is 13.3. The SMILES string of the molecule is COc1ccc(C(=O)NC2CCN(C)CC2)cc1S(=O)(=O)N1CCCCC1C. The second kappa shape index (κ2) is 8.80. The number of carbonyl (C=O) groups is 1. The summed E-state index contributed by atoms with van der Waals surface area (Å²) in [4.78, 5) is 15.0. The number of ether oxygens (including phenoxy) is 1. The molecule has 2 saturated heterocycles. The monoisotopic (exact) mass is 409 g/mol. The van der Waals surface area contributed by atoms with Crippen molar-refractivity contribution < 1.29 is 17.9 Å². The molecule has 0 saturated carbocycles. The van der Waals surface area contributed by atoms with Gasteiger partial charge in [-0.15, -0.1) is 0 Å². The summed E-state index contributed by atoms with van der Waals surface area (Å²) in [7, 11) is -0.208. The quantitative estimate of drug-likeness (QED) is 0.806. The molecule has 8 heteroatoms. The zero-order chi connectivity index (χ0) is 20.3. The molecular weight excluding hydrogens is 378 g/mol. The fraction of sp³-hybridized carbons (Fsp3) is 0.650. The van der Waals surface area contributed by atoms with Gasteiger partial charge in [0.2, 0.25) is 10.0 Å². The molecule has 0 spiro atoms.